The Kier molecular flexibility index (Phi) is 8.17. The summed E-state index contributed by atoms with van der Waals surface area (Å²) in [6.07, 6.45) is 3.09. The van der Waals surface area contributed by atoms with Crippen LogP contribution in [-0.2, 0) is 15.1 Å². The Bertz CT molecular complexity index is 684. The monoisotopic (exact) mass is 474 g/mol. The van der Waals surface area contributed by atoms with Crippen LogP contribution in [-0.4, -0.2) is 47.9 Å². The molecular weight excluding hydrogens is 446 g/mol. The molecular formula is C21H29BrF2N2O3. The van der Waals surface area contributed by atoms with E-state index in [1.54, 1.807) is 30.3 Å². The van der Waals surface area contributed by atoms with Crippen LogP contribution in [0.5, 0.6) is 0 Å². The molecule has 1 aromatic carbocycles. The first-order valence-electron chi connectivity index (χ1n) is 9.93. The van der Waals surface area contributed by atoms with Crippen molar-refractivity contribution in [3.63, 3.8) is 0 Å². The van der Waals surface area contributed by atoms with E-state index in [4.69, 9.17) is 10.1 Å². The molecule has 8 heteroatoms. The quantitative estimate of drug-likeness (QED) is 0.353. The molecule has 0 aromatic heterocycles. The molecule has 1 heterocycles. The van der Waals surface area contributed by atoms with Crippen molar-refractivity contribution >= 4 is 29.3 Å². The first-order chi connectivity index (χ1) is 13.3. The van der Waals surface area contributed by atoms with Crippen molar-refractivity contribution in [2.75, 3.05) is 19.7 Å². The van der Waals surface area contributed by atoms with Gasteiger partial charge in [-0.2, -0.15) is 0 Å². The number of halogens is 3. The summed E-state index contributed by atoms with van der Waals surface area (Å²) in [7, 11) is 0. The van der Waals surface area contributed by atoms with Crippen LogP contribution in [0.1, 0.15) is 44.1 Å². The van der Waals surface area contributed by atoms with Gasteiger partial charge in [-0.3, -0.25) is 5.41 Å². The van der Waals surface area contributed by atoms with Gasteiger partial charge in [0, 0.05) is 31.8 Å². The largest absolute Gasteiger partial charge is 0.463 e. The number of benzene rings is 1. The highest BCUT2D eigenvalue weighted by atomic mass is 79.9. The number of carbonyl (C=O) groups excluding carboxylic acids is 1. The molecule has 29 heavy (non-hydrogen) atoms. The molecule has 2 fully saturated rings. The summed E-state index contributed by atoms with van der Waals surface area (Å²) in [6.45, 7) is 1.78. The Hall–Kier alpha value is -1.54. The predicted molar refractivity (Wildman–Crippen MR) is 112 cm³/mol. The van der Waals surface area contributed by atoms with Gasteiger partial charge in [0.15, 0.2) is 5.60 Å². The van der Waals surface area contributed by atoms with E-state index in [1.165, 1.54) is 6.34 Å². The number of alkyl halides is 2. The third-order valence-electron chi connectivity index (χ3n) is 6.11. The van der Waals surface area contributed by atoms with Crippen LogP contribution in [0, 0.1) is 17.2 Å². The highest BCUT2D eigenvalue weighted by molar-refractivity contribution is 8.93. The van der Waals surface area contributed by atoms with Crippen molar-refractivity contribution in [1.29, 1.82) is 5.41 Å². The maximum absolute atomic E-state index is 13.8. The van der Waals surface area contributed by atoms with Crippen LogP contribution in [0.4, 0.5) is 8.78 Å². The number of carbonyl (C=O) groups is 1. The van der Waals surface area contributed by atoms with Gasteiger partial charge in [0.25, 0.3) is 0 Å². The number of rotatable bonds is 7. The minimum absolute atomic E-state index is 0. The molecule has 2 aliphatic rings. The van der Waals surface area contributed by atoms with Gasteiger partial charge in [0.05, 0.1) is 12.9 Å². The molecule has 0 radical (unpaired) electrons. The van der Waals surface area contributed by atoms with Gasteiger partial charge < -0.3 is 14.7 Å². The molecule has 1 saturated carbocycles. The molecule has 1 saturated heterocycles. The first-order valence-corrected chi connectivity index (χ1v) is 9.93. The summed E-state index contributed by atoms with van der Waals surface area (Å²) < 4.78 is 33.0. The lowest BCUT2D eigenvalue weighted by Gasteiger charge is -2.33. The Balaban J connectivity index is 0.00000300. The Labute approximate surface area is 180 Å². The van der Waals surface area contributed by atoms with Gasteiger partial charge in [-0.05, 0) is 37.2 Å². The fourth-order valence-electron chi connectivity index (χ4n) is 4.32. The molecule has 1 aliphatic heterocycles. The van der Waals surface area contributed by atoms with Gasteiger partial charge in [-0.1, -0.05) is 30.3 Å². The molecule has 1 aliphatic carbocycles. The number of nitrogens with zero attached hydrogens (tertiary/aromatic N) is 1. The van der Waals surface area contributed by atoms with Gasteiger partial charge in [0.1, 0.15) is 0 Å². The van der Waals surface area contributed by atoms with Crippen LogP contribution < -0.4 is 0 Å². The van der Waals surface area contributed by atoms with Crippen LogP contribution in [0.25, 0.3) is 0 Å². The number of ether oxygens (including phenoxy) is 1. The van der Waals surface area contributed by atoms with Crippen molar-refractivity contribution in [3.05, 3.63) is 35.9 Å². The maximum atomic E-state index is 13.8. The number of hydrogen-bond acceptors (Lipinski definition) is 4. The zero-order valence-corrected chi connectivity index (χ0v) is 18.1. The molecule has 0 spiro atoms. The summed E-state index contributed by atoms with van der Waals surface area (Å²) in [5, 5.41) is 18.5. The zero-order chi connectivity index (χ0) is 20.2. The van der Waals surface area contributed by atoms with Crippen molar-refractivity contribution in [2.45, 2.75) is 50.0 Å². The standard InChI is InChI=1S/C21H28F2N2O3.BrH/c22-20(23)10-6-18(14-20)21(27,17-4-2-1-3-5-17)19(26)28-13-9-16-7-11-25(15-24)12-8-16;/h1-5,15-16,18,24,27H,6-14H2;1H. The normalized spacial score (nSPS) is 23.7. The molecule has 0 bridgehead atoms. The summed E-state index contributed by atoms with van der Waals surface area (Å²) in [6, 6.07) is 8.28. The Morgan fingerprint density at radius 3 is 2.48 bits per heavy atom. The molecule has 5 nitrogen and oxygen atoms in total. The number of piperidine rings is 1. The number of aliphatic hydroxyl groups is 1. The van der Waals surface area contributed by atoms with E-state index in [9.17, 15) is 18.7 Å². The lowest BCUT2D eigenvalue weighted by molar-refractivity contribution is -0.175. The highest BCUT2D eigenvalue weighted by Gasteiger charge is 2.54. The fourth-order valence-corrected chi connectivity index (χ4v) is 4.32. The molecule has 2 unspecified atom stereocenters. The second-order valence-corrected chi connectivity index (χ2v) is 7.96. The van der Waals surface area contributed by atoms with E-state index in [1.807, 2.05) is 4.90 Å². The van der Waals surface area contributed by atoms with Gasteiger partial charge in [0.2, 0.25) is 5.92 Å². The third-order valence-corrected chi connectivity index (χ3v) is 6.11. The third kappa shape index (κ3) is 5.54. The summed E-state index contributed by atoms with van der Waals surface area (Å²) in [4.78, 5) is 14.8. The smallest absolute Gasteiger partial charge is 0.343 e. The predicted octanol–water partition coefficient (Wildman–Crippen LogP) is 4.14. The first kappa shape index (κ1) is 23.7. The topological polar surface area (TPSA) is 73.6 Å². The van der Waals surface area contributed by atoms with Crippen LogP contribution in [0.3, 0.4) is 0 Å². The number of esters is 1. The van der Waals surface area contributed by atoms with Gasteiger partial charge in [-0.25, -0.2) is 13.6 Å². The SMILES string of the molecule is Br.N=CN1CCC(CCOC(=O)C(O)(c2ccccc2)C2CCC(F)(F)C2)CC1. The average molecular weight is 475 g/mol. The van der Waals surface area contributed by atoms with Gasteiger partial charge in [-0.15, -0.1) is 17.0 Å². The molecule has 2 N–H and O–H groups in total. The van der Waals surface area contributed by atoms with E-state index < -0.39 is 29.8 Å². The minimum Gasteiger partial charge on any atom is -0.463 e. The van der Waals surface area contributed by atoms with Gasteiger partial charge >= 0.3 is 5.97 Å². The lowest BCUT2D eigenvalue weighted by Crippen LogP contribution is -2.44. The van der Waals surface area contributed by atoms with E-state index in [2.05, 4.69) is 0 Å². The zero-order valence-electron chi connectivity index (χ0n) is 16.4. The van der Waals surface area contributed by atoms with Crippen LogP contribution in [0.15, 0.2) is 30.3 Å². The lowest BCUT2D eigenvalue weighted by atomic mass is 9.80. The highest BCUT2D eigenvalue weighted by Crippen LogP contribution is 2.47. The van der Waals surface area contributed by atoms with Crippen molar-refractivity contribution < 1.29 is 23.4 Å². The number of nitrogens with one attached hydrogen (secondary N) is 1. The van der Waals surface area contributed by atoms with Crippen molar-refractivity contribution in [1.82, 2.24) is 4.90 Å². The van der Waals surface area contributed by atoms with Crippen molar-refractivity contribution in [3.8, 4) is 0 Å². The summed E-state index contributed by atoms with van der Waals surface area (Å²) in [5.41, 5.74) is -1.74. The molecule has 3 rings (SSSR count). The van der Waals surface area contributed by atoms with Crippen molar-refractivity contribution in [2.24, 2.45) is 11.8 Å². The van der Waals surface area contributed by atoms with E-state index in [-0.39, 0.29) is 36.4 Å². The number of hydrogen-bond donors (Lipinski definition) is 2. The van der Waals surface area contributed by atoms with E-state index >= 15 is 0 Å². The molecule has 0 amide bonds. The van der Waals surface area contributed by atoms with Crippen LogP contribution >= 0.6 is 17.0 Å². The minimum atomic E-state index is -2.86. The average Bonchev–Trinajstić information content (AvgIpc) is 3.08. The molecule has 1 aromatic rings. The second kappa shape index (κ2) is 9.98. The molecule has 2 atom stereocenters. The number of likely N-dealkylation sites (tertiary alicyclic amines) is 1. The second-order valence-electron chi connectivity index (χ2n) is 7.96. The summed E-state index contributed by atoms with van der Waals surface area (Å²) in [5.74, 6) is -4.17. The Morgan fingerprint density at radius 1 is 1.28 bits per heavy atom. The van der Waals surface area contributed by atoms with E-state index in [0.29, 0.717) is 17.9 Å². The Morgan fingerprint density at radius 2 is 1.93 bits per heavy atom. The fraction of sp³-hybridized carbons (Fsp3) is 0.619. The molecule has 162 valence electrons. The summed E-state index contributed by atoms with van der Waals surface area (Å²) >= 11 is 0. The van der Waals surface area contributed by atoms with Crippen LogP contribution in [0.2, 0.25) is 0 Å². The maximum Gasteiger partial charge on any atom is 0.343 e. The van der Waals surface area contributed by atoms with E-state index in [0.717, 1.165) is 25.9 Å².